The molecule has 4 saturated carbocycles. The summed E-state index contributed by atoms with van der Waals surface area (Å²) in [7, 11) is -5.92. The molecule has 0 spiro atoms. The highest BCUT2D eigenvalue weighted by Crippen LogP contribution is 2.63. The van der Waals surface area contributed by atoms with Gasteiger partial charge in [0.25, 0.3) is 0 Å². The van der Waals surface area contributed by atoms with Crippen LogP contribution < -0.4 is 0 Å². The zero-order chi connectivity index (χ0) is 21.1. The highest BCUT2D eigenvalue weighted by Gasteiger charge is 2.61. The second-order valence-corrected chi connectivity index (χ2v) is 10.0. The summed E-state index contributed by atoms with van der Waals surface area (Å²) in [6.07, 6.45) is 7.37. The van der Waals surface area contributed by atoms with E-state index in [4.69, 9.17) is 9.29 Å². The van der Waals surface area contributed by atoms with Crippen molar-refractivity contribution < 1.29 is 40.8 Å². The summed E-state index contributed by atoms with van der Waals surface area (Å²) < 4.78 is 68.7. The molecule has 12 heteroatoms. The van der Waals surface area contributed by atoms with Gasteiger partial charge in [-0.2, -0.15) is 17.2 Å². The number of esters is 1. The highest BCUT2D eigenvalue weighted by molar-refractivity contribution is 7.87. The van der Waals surface area contributed by atoms with Crippen molar-refractivity contribution in [2.24, 2.45) is 17.3 Å². The van der Waals surface area contributed by atoms with Crippen LogP contribution in [0.5, 0.6) is 0 Å². The molecule has 3 unspecified atom stereocenters. The van der Waals surface area contributed by atoms with Crippen LogP contribution in [-0.4, -0.2) is 52.0 Å². The largest absolute Gasteiger partial charge is 0.465 e. The number of aromatic nitrogens is 2. The summed E-state index contributed by atoms with van der Waals surface area (Å²) in [6, 6.07) is 0. The van der Waals surface area contributed by atoms with E-state index >= 15 is 0 Å². The van der Waals surface area contributed by atoms with Gasteiger partial charge in [-0.25, -0.2) is 19.1 Å². The van der Waals surface area contributed by atoms with Crippen LogP contribution in [0.2, 0.25) is 0 Å². The summed E-state index contributed by atoms with van der Waals surface area (Å²) in [5.74, 6) is -1.93. The van der Waals surface area contributed by atoms with E-state index in [1.54, 1.807) is 0 Å². The number of ether oxygens (including phenoxy) is 2. The second kappa shape index (κ2) is 6.46. The first-order valence-corrected chi connectivity index (χ1v) is 10.6. The normalized spacial score (nSPS) is 33.5. The first-order valence-electron chi connectivity index (χ1n) is 9.17. The van der Waals surface area contributed by atoms with Crippen molar-refractivity contribution in [2.45, 2.75) is 49.4 Å². The minimum absolute atomic E-state index is 0.188. The van der Waals surface area contributed by atoms with Gasteiger partial charge in [0, 0.05) is 17.8 Å². The van der Waals surface area contributed by atoms with Crippen molar-refractivity contribution in [3.05, 3.63) is 18.7 Å². The molecule has 4 bridgehead atoms. The molecule has 4 fully saturated rings. The zero-order valence-electron chi connectivity index (χ0n) is 15.3. The number of hydrogen-bond donors (Lipinski definition) is 1. The molecule has 4 aliphatic rings. The van der Waals surface area contributed by atoms with Gasteiger partial charge >= 0.3 is 27.4 Å². The van der Waals surface area contributed by atoms with Crippen molar-refractivity contribution in [3.8, 4) is 0 Å². The predicted molar refractivity (Wildman–Crippen MR) is 91.4 cm³/mol. The lowest BCUT2D eigenvalue weighted by Gasteiger charge is -2.60. The van der Waals surface area contributed by atoms with E-state index in [1.807, 2.05) is 0 Å². The van der Waals surface area contributed by atoms with E-state index in [0.29, 0.717) is 32.1 Å². The van der Waals surface area contributed by atoms with Gasteiger partial charge in [-0.15, -0.1) is 0 Å². The number of rotatable bonds is 5. The Kier molecular flexibility index (Phi) is 4.50. The Morgan fingerprint density at radius 2 is 1.90 bits per heavy atom. The number of alkyl halides is 2. The lowest BCUT2D eigenvalue weighted by atomic mass is 9.48. The van der Waals surface area contributed by atoms with E-state index < -0.39 is 45.1 Å². The van der Waals surface area contributed by atoms with E-state index in [0.717, 1.165) is 6.42 Å². The zero-order valence-corrected chi connectivity index (χ0v) is 16.1. The van der Waals surface area contributed by atoms with Crippen molar-refractivity contribution in [1.29, 1.82) is 0 Å². The highest BCUT2D eigenvalue weighted by atomic mass is 32.2. The fourth-order valence-electron chi connectivity index (χ4n) is 5.67. The minimum Gasteiger partial charge on any atom is -0.460 e. The Labute approximate surface area is 165 Å². The van der Waals surface area contributed by atoms with Crippen molar-refractivity contribution in [3.63, 3.8) is 0 Å². The molecule has 0 saturated heterocycles. The lowest BCUT2D eigenvalue weighted by Crippen LogP contribution is -2.59. The minimum atomic E-state index is -5.92. The summed E-state index contributed by atoms with van der Waals surface area (Å²) in [6.45, 7) is -0.422. The van der Waals surface area contributed by atoms with Crippen LogP contribution in [0, 0.1) is 17.3 Å². The predicted octanol–water partition coefficient (Wildman–Crippen LogP) is 2.23. The van der Waals surface area contributed by atoms with E-state index in [2.05, 4.69) is 9.72 Å². The van der Waals surface area contributed by atoms with E-state index in [9.17, 15) is 26.8 Å². The number of halogens is 2. The lowest BCUT2D eigenvalue weighted by molar-refractivity contribution is -0.193. The Hall–Kier alpha value is -2.08. The van der Waals surface area contributed by atoms with Gasteiger partial charge in [0.1, 0.15) is 11.9 Å². The molecule has 1 heterocycles. The molecular formula is C17H20F2N2O7S. The van der Waals surface area contributed by atoms with Gasteiger partial charge in [-0.05, 0) is 50.4 Å². The summed E-state index contributed by atoms with van der Waals surface area (Å²) in [5.41, 5.74) is -1.46. The van der Waals surface area contributed by atoms with Crippen molar-refractivity contribution in [1.82, 2.24) is 9.55 Å². The van der Waals surface area contributed by atoms with Gasteiger partial charge in [0.2, 0.25) is 0 Å². The number of nitrogens with zero attached hydrogens (tertiary/aromatic N) is 2. The SMILES string of the molecule is O=C(OC12CC3C[C@@H](CC(COC(=O)C(F)(F)S(=O)(=O)O)(C3)C1)C2)n1ccnc1. The molecule has 0 aromatic carbocycles. The van der Waals surface area contributed by atoms with E-state index in [-0.39, 0.29) is 11.8 Å². The molecule has 5 rings (SSSR count). The van der Waals surface area contributed by atoms with Gasteiger partial charge in [0.05, 0.1) is 6.61 Å². The summed E-state index contributed by atoms with van der Waals surface area (Å²) in [5, 5.41) is -5.03. The molecule has 1 aromatic rings. The molecule has 4 aliphatic carbocycles. The summed E-state index contributed by atoms with van der Waals surface area (Å²) >= 11 is 0. The monoisotopic (exact) mass is 434 g/mol. The van der Waals surface area contributed by atoms with Gasteiger partial charge in [0.15, 0.2) is 0 Å². The topological polar surface area (TPSA) is 125 Å². The molecule has 0 aliphatic heterocycles. The molecule has 0 radical (unpaired) electrons. The molecule has 1 N–H and O–H groups in total. The maximum Gasteiger partial charge on any atom is 0.465 e. The first kappa shape index (κ1) is 20.2. The maximum absolute atomic E-state index is 13.5. The maximum atomic E-state index is 13.5. The molecule has 160 valence electrons. The van der Waals surface area contributed by atoms with Crippen molar-refractivity contribution >= 4 is 22.2 Å². The Morgan fingerprint density at radius 3 is 2.45 bits per heavy atom. The van der Waals surface area contributed by atoms with Crippen LogP contribution in [0.25, 0.3) is 0 Å². The number of hydrogen-bond acceptors (Lipinski definition) is 7. The van der Waals surface area contributed by atoms with Crippen LogP contribution in [0.3, 0.4) is 0 Å². The third-order valence-corrected chi connectivity index (χ3v) is 7.03. The number of carbonyl (C=O) groups excluding carboxylic acids is 2. The average Bonchev–Trinajstić information content (AvgIpc) is 3.12. The smallest absolute Gasteiger partial charge is 0.460 e. The number of carbonyl (C=O) groups is 2. The second-order valence-electron chi connectivity index (χ2n) is 8.55. The van der Waals surface area contributed by atoms with E-state index in [1.165, 1.54) is 23.3 Å². The van der Waals surface area contributed by atoms with Crippen LogP contribution in [0.15, 0.2) is 18.7 Å². The summed E-state index contributed by atoms with van der Waals surface area (Å²) in [4.78, 5) is 27.8. The molecule has 0 amide bonds. The van der Waals surface area contributed by atoms with Gasteiger partial charge < -0.3 is 9.47 Å². The quantitative estimate of drug-likeness (QED) is 0.553. The third kappa shape index (κ3) is 3.52. The fraction of sp³-hybridized carbons (Fsp3) is 0.706. The molecule has 29 heavy (non-hydrogen) atoms. The standard InChI is InChI=1S/C17H20F2N2O7S/c18-17(19,29(24,25)26)13(22)27-9-15-4-11-3-12(5-15)7-16(6-11,8-15)28-14(23)21-2-1-20-10-21/h1-2,10-12H,3-9H2,(H,24,25,26)/t11-,12?,15?,16?/m0/s1. The average molecular weight is 434 g/mol. The van der Waals surface area contributed by atoms with Gasteiger partial charge in [-0.1, -0.05) is 0 Å². The molecular weight excluding hydrogens is 414 g/mol. The molecule has 9 nitrogen and oxygen atoms in total. The number of imidazole rings is 1. The van der Waals surface area contributed by atoms with Gasteiger partial charge in [-0.3, -0.25) is 4.55 Å². The molecule has 1 aromatic heterocycles. The Morgan fingerprint density at radius 1 is 1.24 bits per heavy atom. The van der Waals surface area contributed by atoms with Crippen LogP contribution in [0.4, 0.5) is 13.6 Å². The van der Waals surface area contributed by atoms with Crippen LogP contribution in [0.1, 0.15) is 38.5 Å². The Balaban J connectivity index is 1.50. The van der Waals surface area contributed by atoms with Crippen LogP contribution >= 0.6 is 0 Å². The third-order valence-electron chi connectivity index (χ3n) is 6.22. The molecule has 4 atom stereocenters. The van der Waals surface area contributed by atoms with Crippen LogP contribution in [-0.2, 0) is 24.4 Å². The van der Waals surface area contributed by atoms with Crippen molar-refractivity contribution in [2.75, 3.05) is 6.61 Å². The first-order chi connectivity index (χ1) is 13.4. The Bertz CT molecular complexity index is 918. The fourth-order valence-corrected chi connectivity index (χ4v) is 5.94.